The fourth-order valence-corrected chi connectivity index (χ4v) is 3.87. The van der Waals surface area contributed by atoms with Gasteiger partial charge in [-0.15, -0.1) is 36.2 Å². The first-order chi connectivity index (χ1) is 11.2. The largest absolute Gasteiger partial charge is 0.353 e. The lowest BCUT2D eigenvalue weighted by Crippen LogP contribution is -2.41. The van der Waals surface area contributed by atoms with Crippen LogP contribution in [0.2, 0.25) is 0 Å². The van der Waals surface area contributed by atoms with E-state index in [0.29, 0.717) is 6.54 Å². The number of likely N-dealkylation sites (N-methyl/N-ethyl adjacent to an activating group) is 1. The Balaban J connectivity index is 0.00000156. The van der Waals surface area contributed by atoms with Gasteiger partial charge in [0.2, 0.25) is 5.91 Å². The molecule has 1 unspecified atom stereocenters. The van der Waals surface area contributed by atoms with Crippen molar-refractivity contribution in [3.8, 4) is 0 Å². The molecule has 0 bridgehead atoms. The van der Waals surface area contributed by atoms with Crippen LogP contribution < -0.4 is 10.6 Å². The molecule has 1 aliphatic rings. The van der Waals surface area contributed by atoms with Gasteiger partial charge in [-0.25, -0.2) is 0 Å². The maximum absolute atomic E-state index is 12.4. The Labute approximate surface area is 164 Å². The van der Waals surface area contributed by atoms with Crippen LogP contribution in [0.3, 0.4) is 0 Å². The van der Waals surface area contributed by atoms with Gasteiger partial charge in [-0.05, 0) is 30.5 Å². The van der Waals surface area contributed by atoms with Crippen LogP contribution in [-0.2, 0) is 24.8 Å². The molecule has 140 valence electrons. The summed E-state index contributed by atoms with van der Waals surface area (Å²) in [6.45, 7) is 3.61. The van der Waals surface area contributed by atoms with E-state index < -0.39 is 0 Å². The molecule has 0 aliphatic carbocycles. The highest BCUT2D eigenvalue weighted by molar-refractivity contribution is 7.10. The molecule has 0 fully saturated rings. The van der Waals surface area contributed by atoms with Crippen molar-refractivity contribution in [1.29, 1.82) is 0 Å². The number of carbonyl (C=O) groups excluding carboxylic acids is 1. The first kappa shape index (κ1) is 21.9. The topological polar surface area (TPSA) is 62.2 Å². The van der Waals surface area contributed by atoms with Gasteiger partial charge in [0.25, 0.3) is 0 Å². The minimum absolute atomic E-state index is 0. The second-order valence-corrected chi connectivity index (χ2v) is 6.86. The quantitative estimate of drug-likeness (QED) is 0.768. The lowest BCUT2D eigenvalue weighted by Gasteiger charge is -2.27. The molecule has 9 heteroatoms. The molecule has 3 rings (SSSR count). The molecule has 3 heterocycles. The Kier molecular flexibility index (Phi) is 8.88. The number of hydrogen-bond donors (Lipinski definition) is 2. The summed E-state index contributed by atoms with van der Waals surface area (Å²) in [5.41, 5.74) is 2.32. The van der Waals surface area contributed by atoms with Gasteiger partial charge in [0.1, 0.15) is 6.04 Å². The van der Waals surface area contributed by atoms with E-state index in [4.69, 9.17) is 0 Å². The van der Waals surface area contributed by atoms with Crippen molar-refractivity contribution < 1.29 is 4.79 Å². The molecular formula is C16H25Cl2N5OS. The van der Waals surface area contributed by atoms with E-state index in [1.165, 1.54) is 10.4 Å². The number of halogens is 2. The summed E-state index contributed by atoms with van der Waals surface area (Å²) in [5.74, 6) is -0.00580. The van der Waals surface area contributed by atoms with E-state index in [-0.39, 0.29) is 36.8 Å². The van der Waals surface area contributed by atoms with Gasteiger partial charge >= 0.3 is 0 Å². The highest BCUT2D eigenvalue weighted by atomic mass is 35.5. The van der Waals surface area contributed by atoms with Crippen molar-refractivity contribution in [3.63, 3.8) is 0 Å². The van der Waals surface area contributed by atoms with Crippen LogP contribution >= 0.6 is 36.2 Å². The van der Waals surface area contributed by atoms with Gasteiger partial charge < -0.3 is 10.6 Å². The smallest absolute Gasteiger partial charge is 0.241 e. The predicted molar refractivity (Wildman–Crippen MR) is 106 cm³/mol. The summed E-state index contributed by atoms with van der Waals surface area (Å²) in [4.78, 5) is 16.3. The molecule has 1 atom stereocenters. The number of hydrogen-bond acceptors (Lipinski definition) is 5. The minimum atomic E-state index is -0.353. The van der Waals surface area contributed by atoms with E-state index in [2.05, 4.69) is 32.1 Å². The number of thiophene rings is 1. The molecule has 2 aromatic heterocycles. The molecule has 6 nitrogen and oxygen atoms in total. The molecule has 2 N–H and O–H groups in total. The summed E-state index contributed by atoms with van der Waals surface area (Å²) >= 11 is 1.85. The van der Waals surface area contributed by atoms with E-state index >= 15 is 0 Å². The molecule has 1 aliphatic heterocycles. The van der Waals surface area contributed by atoms with Gasteiger partial charge in [0.15, 0.2) is 0 Å². The van der Waals surface area contributed by atoms with Crippen molar-refractivity contribution in [1.82, 2.24) is 25.3 Å². The van der Waals surface area contributed by atoms with Gasteiger partial charge in [-0.2, -0.15) is 5.10 Å². The summed E-state index contributed by atoms with van der Waals surface area (Å²) in [6, 6.07) is 1.86. The van der Waals surface area contributed by atoms with Gasteiger partial charge in [0.05, 0.1) is 6.20 Å². The fraction of sp³-hybridized carbons (Fsp3) is 0.500. The number of nitrogens with zero attached hydrogens (tertiary/aromatic N) is 3. The Morgan fingerprint density at radius 1 is 1.44 bits per heavy atom. The van der Waals surface area contributed by atoms with Crippen molar-refractivity contribution in [2.24, 2.45) is 7.05 Å². The number of fused-ring (bicyclic) bond motifs is 1. The first-order valence-electron chi connectivity index (χ1n) is 7.88. The van der Waals surface area contributed by atoms with Gasteiger partial charge in [-0.1, -0.05) is 0 Å². The molecular weight excluding hydrogens is 381 g/mol. The number of aromatic nitrogens is 2. The Bertz CT molecular complexity index is 675. The summed E-state index contributed by atoms with van der Waals surface area (Å²) in [5, 5.41) is 12.4. The van der Waals surface area contributed by atoms with Gasteiger partial charge in [-0.3, -0.25) is 14.4 Å². The third-order valence-corrected chi connectivity index (χ3v) is 5.25. The van der Waals surface area contributed by atoms with Crippen molar-refractivity contribution in [3.05, 3.63) is 39.8 Å². The molecule has 2 aromatic rings. The van der Waals surface area contributed by atoms with Crippen LogP contribution in [0.1, 0.15) is 22.0 Å². The lowest BCUT2D eigenvalue weighted by atomic mass is 10.1. The van der Waals surface area contributed by atoms with Crippen LogP contribution in [0, 0.1) is 0 Å². The zero-order valence-electron chi connectivity index (χ0n) is 14.4. The van der Waals surface area contributed by atoms with Crippen molar-refractivity contribution >= 4 is 42.1 Å². The monoisotopic (exact) mass is 405 g/mol. The van der Waals surface area contributed by atoms with Crippen molar-refractivity contribution in [2.45, 2.75) is 19.0 Å². The second-order valence-electron chi connectivity index (χ2n) is 5.86. The number of nitrogens with one attached hydrogen (secondary N) is 2. The predicted octanol–water partition coefficient (Wildman–Crippen LogP) is 1.76. The Morgan fingerprint density at radius 2 is 2.24 bits per heavy atom. The van der Waals surface area contributed by atoms with E-state index in [1.54, 1.807) is 17.9 Å². The average molecular weight is 406 g/mol. The number of amides is 1. The van der Waals surface area contributed by atoms with Crippen LogP contribution in [0.25, 0.3) is 0 Å². The second kappa shape index (κ2) is 10.1. The maximum atomic E-state index is 12.4. The maximum Gasteiger partial charge on any atom is 0.241 e. The highest BCUT2D eigenvalue weighted by Crippen LogP contribution is 2.23. The zero-order valence-corrected chi connectivity index (χ0v) is 16.8. The highest BCUT2D eigenvalue weighted by Gasteiger charge is 2.21. The Morgan fingerprint density at radius 3 is 2.92 bits per heavy atom. The molecule has 0 saturated carbocycles. The van der Waals surface area contributed by atoms with Crippen molar-refractivity contribution in [2.75, 3.05) is 26.7 Å². The summed E-state index contributed by atoms with van der Waals surface area (Å²) in [7, 11) is 3.64. The number of rotatable bonds is 6. The van der Waals surface area contributed by atoms with Crippen LogP contribution in [0.15, 0.2) is 23.8 Å². The van der Waals surface area contributed by atoms with Gasteiger partial charge in [0, 0.05) is 49.9 Å². The summed E-state index contributed by atoms with van der Waals surface area (Å²) < 4.78 is 1.71. The lowest BCUT2D eigenvalue weighted by molar-refractivity contribution is -0.123. The Hall–Kier alpha value is -1.12. The van der Waals surface area contributed by atoms with Crippen LogP contribution in [0.5, 0.6) is 0 Å². The van der Waals surface area contributed by atoms with E-state index in [1.807, 2.05) is 24.6 Å². The fourth-order valence-electron chi connectivity index (χ4n) is 2.98. The number of aryl methyl sites for hydroxylation is 1. The SMILES string of the molecule is CNC(C(=O)NCCN1CCc2sccc2C1)c1cnn(C)c1.Cl.Cl. The standard InChI is InChI=1S/C16H23N5OS.2ClH/c1-17-15(13-9-19-20(2)10-13)16(22)18-5-7-21-6-3-14-12(11-21)4-8-23-14;;/h4,8-10,15,17H,3,5-7,11H2,1-2H3,(H,18,22);2*1H. The molecule has 25 heavy (non-hydrogen) atoms. The molecule has 0 saturated heterocycles. The summed E-state index contributed by atoms with van der Waals surface area (Å²) in [6.07, 6.45) is 4.71. The van der Waals surface area contributed by atoms with E-state index in [0.717, 1.165) is 31.6 Å². The van der Waals surface area contributed by atoms with E-state index in [9.17, 15) is 4.79 Å². The molecule has 0 spiro atoms. The molecule has 0 aromatic carbocycles. The third kappa shape index (κ3) is 5.43. The molecule has 0 radical (unpaired) electrons. The average Bonchev–Trinajstić information content (AvgIpc) is 3.16. The molecule has 1 amide bonds. The third-order valence-electron chi connectivity index (χ3n) is 4.22. The van der Waals surface area contributed by atoms with Crippen LogP contribution in [0.4, 0.5) is 0 Å². The minimum Gasteiger partial charge on any atom is -0.353 e. The normalized spacial score (nSPS) is 14.8. The zero-order chi connectivity index (χ0) is 16.2. The number of carbonyl (C=O) groups is 1. The first-order valence-corrected chi connectivity index (χ1v) is 8.76. The van der Waals surface area contributed by atoms with Crippen LogP contribution in [-0.4, -0.2) is 47.3 Å².